The first-order valence-electron chi connectivity index (χ1n) is 15.5. The highest BCUT2D eigenvalue weighted by atomic mass is 79.9. The largest absolute Gasteiger partial charge is 0.463 e. The van der Waals surface area contributed by atoms with Gasteiger partial charge in [-0.2, -0.15) is 0 Å². The summed E-state index contributed by atoms with van der Waals surface area (Å²) in [6.07, 6.45) is 5.95. The SMILES string of the molecule is CC[C@H](C)[C@H](CO)N1C(=O)[C@H]2[C@@H]3C(=O)N[C@H](c4ccccc4)COC(=O)CC/C=C\CN(C(C)C)C(=O)[C@H]1[C@@]21C=C(Br)[C@@H]3O1. The lowest BCUT2D eigenvalue weighted by Gasteiger charge is -2.41. The summed E-state index contributed by atoms with van der Waals surface area (Å²) in [5.41, 5.74) is -0.656. The van der Waals surface area contributed by atoms with Crippen LogP contribution in [0.1, 0.15) is 58.6 Å². The van der Waals surface area contributed by atoms with Gasteiger partial charge in [0.2, 0.25) is 17.7 Å². The van der Waals surface area contributed by atoms with Crippen molar-refractivity contribution in [3.63, 3.8) is 0 Å². The number of cyclic esters (lactones) is 1. The van der Waals surface area contributed by atoms with E-state index < -0.39 is 53.5 Å². The number of allylic oxidation sites excluding steroid dienone is 1. The van der Waals surface area contributed by atoms with Gasteiger partial charge >= 0.3 is 5.97 Å². The van der Waals surface area contributed by atoms with E-state index in [9.17, 15) is 24.3 Å². The van der Waals surface area contributed by atoms with Crippen molar-refractivity contribution in [2.75, 3.05) is 19.8 Å². The molecule has 11 heteroatoms. The number of hydrogen-bond donors (Lipinski definition) is 2. The topological polar surface area (TPSA) is 125 Å². The molecular formula is C33H42BrN3O7. The average molecular weight is 673 g/mol. The number of hydrogen-bond acceptors (Lipinski definition) is 7. The fourth-order valence-electron chi connectivity index (χ4n) is 7.05. The average Bonchev–Trinajstić information content (AvgIpc) is 3.60. The summed E-state index contributed by atoms with van der Waals surface area (Å²) in [6.45, 7) is 7.57. The monoisotopic (exact) mass is 671 g/mol. The summed E-state index contributed by atoms with van der Waals surface area (Å²) in [7, 11) is 0. The maximum absolute atomic E-state index is 14.6. The third-order valence-electron chi connectivity index (χ3n) is 9.57. The molecule has 2 fully saturated rings. The molecule has 44 heavy (non-hydrogen) atoms. The molecule has 0 radical (unpaired) electrons. The molecule has 1 aromatic carbocycles. The fourth-order valence-corrected chi connectivity index (χ4v) is 7.78. The van der Waals surface area contributed by atoms with Gasteiger partial charge < -0.3 is 29.7 Å². The van der Waals surface area contributed by atoms with Gasteiger partial charge in [-0.05, 0) is 37.8 Å². The van der Waals surface area contributed by atoms with Crippen molar-refractivity contribution in [2.24, 2.45) is 17.8 Å². The van der Waals surface area contributed by atoms with Crippen molar-refractivity contribution in [2.45, 2.75) is 82.8 Å². The van der Waals surface area contributed by atoms with Crippen LogP contribution in [0.2, 0.25) is 0 Å². The predicted molar refractivity (Wildman–Crippen MR) is 166 cm³/mol. The quantitative estimate of drug-likeness (QED) is 0.351. The van der Waals surface area contributed by atoms with Gasteiger partial charge in [0.15, 0.2) is 0 Å². The minimum absolute atomic E-state index is 0.0771. The van der Waals surface area contributed by atoms with Crippen molar-refractivity contribution >= 4 is 39.6 Å². The number of fused-ring (bicyclic) bond motifs is 2. The molecule has 10 nitrogen and oxygen atoms in total. The normalized spacial score (nSPS) is 33.2. The van der Waals surface area contributed by atoms with E-state index in [0.717, 1.165) is 5.56 Å². The molecule has 0 aromatic heterocycles. The van der Waals surface area contributed by atoms with Gasteiger partial charge in [0.1, 0.15) is 24.4 Å². The van der Waals surface area contributed by atoms with Gasteiger partial charge in [0.05, 0.1) is 30.5 Å². The Bertz CT molecular complexity index is 1330. The summed E-state index contributed by atoms with van der Waals surface area (Å²) in [4.78, 5) is 59.2. The highest BCUT2D eigenvalue weighted by Crippen LogP contribution is 2.59. The Kier molecular flexibility index (Phi) is 9.67. The molecule has 2 saturated heterocycles. The van der Waals surface area contributed by atoms with Gasteiger partial charge in [-0.25, -0.2) is 0 Å². The molecule has 4 aliphatic rings. The number of aliphatic hydroxyl groups is 1. The van der Waals surface area contributed by atoms with Crippen LogP contribution >= 0.6 is 15.9 Å². The van der Waals surface area contributed by atoms with E-state index in [-0.39, 0.29) is 50.0 Å². The Labute approximate surface area is 266 Å². The van der Waals surface area contributed by atoms with E-state index in [4.69, 9.17) is 9.47 Å². The van der Waals surface area contributed by atoms with E-state index in [0.29, 0.717) is 17.3 Å². The number of ether oxygens (including phenoxy) is 2. The third-order valence-corrected chi connectivity index (χ3v) is 10.2. The zero-order valence-electron chi connectivity index (χ0n) is 25.6. The molecule has 1 aromatic rings. The Hall–Kier alpha value is -3.02. The maximum atomic E-state index is 14.6. The molecule has 4 aliphatic heterocycles. The summed E-state index contributed by atoms with van der Waals surface area (Å²) >= 11 is 3.60. The third kappa shape index (κ3) is 5.63. The van der Waals surface area contributed by atoms with Crippen molar-refractivity contribution in [1.29, 1.82) is 0 Å². The summed E-state index contributed by atoms with van der Waals surface area (Å²) < 4.78 is 12.8. The van der Waals surface area contributed by atoms with Crippen LogP contribution in [0.15, 0.2) is 53.0 Å². The maximum Gasteiger partial charge on any atom is 0.306 e. The fraction of sp³-hybridized carbons (Fsp3) is 0.576. The summed E-state index contributed by atoms with van der Waals surface area (Å²) in [5, 5.41) is 13.6. The number of rotatable bonds is 6. The van der Waals surface area contributed by atoms with E-state index in [1.807, 2.05) is 70.2 Å². The highest BCUT2D eigenvalue weighted by Gasteiger charge is 2.75. The molecular weight excluding hydrogens is 630 g/mol. The van der Waals surface area contributed by atoms with Gasteiger partial charge in [-0.1, -0.05) is 78.7 Å². The predicted octanol–water partition coefficient (Wildman–Crippen LogP) is 3.25. The number of nitrogens with one attached hydrogen (secondary N) is 1. The Morgan fingerprint density at radius 1 is 1.09 bits per heavy atom. The van der Waals surface area contributed by atoms with E-state index in [1.54, 1.807) is 11.0 Å². The number of likely N-dealkylation sites (tertiary alicyclic amines) is 1. The molecule has 0 saturated carbocycles. The van der Waals surface area contributed by atoms with Crippen LogP contribution in [-0.2, 0) is 28.7 Å². The second-order valence-corrected chi connectivity index (χ2v) is 13.4. The van der Waals surface area contributed by atoms with Crippen LogP contribution in [-0.4, -0.2) is 88.2 Å². The van der Waals surface area contributed by atoms with Crippen molar-refractivity contribution in [3.05, 3.63) is 58.6 Å². The number of aliphatic hydroxyl groups excluding tert-OH is 1. The molecule has 3 amide bonds. The Morgan fingerprint density at radius 3 is 2.48 bits per heavy atom. The van der Waals surface area contributed by atoms with Crippen molar-refractivity contribution in [1.82, 2.24) is 15.1 Å². The Morgan fingerprint density at radius 2 is 1.82 bits per heavy atom. The number of carbonyl (C=O) groups excluding carboxylic acids is 4. The molecule has 0 unspecified atom stereocenters. The van der Waals surface area contributed by atoms with Gasteiger partial charge in [0, 0.05) is 23.5 Å². The van der Waals surface area contributed by atoms with E-state index in [2.05, 4.69) is 21.2 Å². The van der Waals surface area contributed by atoms with Crippen LogP contribution in [0.5, 0.6) is 0 Å². The molecule has 5 bridgehead atoms. The number of nitrogens with zero attached hydrogens (tertiary/aromatic N) is 2. The molecule has 238 valence electrons. The number of carbonyl (C=O) groups is 4. The van der Waals surface area contributed by atoms with Crippen LogP contribution in [0.3, 0.4) is 0 Å². The van der Waals surface area contributed by atoms with Gasteiger partial charge in [0.25, 0.3) is 0 Å². The highest BCUT2D eigenvalue weighted by molar-refractivity contribution is 9.11. The number of benzene rings is 1. The van der Waals surface area contributed by atoms with E-state index in [1.165, 1.54) is 4.90 Å². The smallest absolute Gasteiger partial charge is 0.306 e. The van der Waals surface area contributed by atoms with Crippen LogP contribution < -0.4 is 5.32 Å². The summed E-state index contributed by atoms with van der Waals surface area (Å²) in [5.74, 6) is -3.59. The molecule has 4 heterocycles. The van der Waals surface area contributed by atoms with Crippen LogP contribution in [0.4, 0.5) is 0 Å². The number of halogens is 1. The van der Waals surface area contributed by atoms with E-state index >= 15 is 0 Å². The molecule has 5 rings (SSSR count). The first kappa shape index (κ1) is 32.4. The van der Waals surface area contributed by atoms with Gasteiger partial charge in [-0.3, -0.25) is 19.2 Å². The second kappa shape index (κ2) is 13.1. The summed E-state index contributed by atoms with van der Waals surface area (Å²) in [6, 6.07) is 6.60. The minimum atomic E-state index is -1.40. The van der Waals surface area contributed by atoms with Gasteiger partial charge in [-0.15, -0.1) is 0 Å². The molecule has 8 atom stereocenters. The Balaban J connectivity index is 1.63. The van der Waals surface area contributed by atoms with Crippen molar-refractivity contribution < 1.29 is 33.8 Å². The lowest BCUT2D eigenvalue weighted by Crippen LogP contribution is -2.60. The first-order valence-corrected chi connectivity index (χ1v) is 16.3. The molecule has 2 N–H and O–H groups in total. The number of amides is 3. The second-order valence-electron chi connectivity index (χ2n) is 12.5. The van der Waals surface area contributed by atoms with Crippen LogP contribution in [0.25, 0.3) is 0 Å². The lowest BCUT2D eigenvalue weighted by atomic mass is 9.74. The minimum Gasteiger partial charge on any atom is -0.463 e. The molecule has 0 aliphatic carbocycles. The van der Waals surface area contributed by atoms with Crippen LogP contribution in [0, 0.1) is 17.8 Å². The standard InChI is InChI=1S/C33H42BrN3O7/c1-5-20(4)24(17-38)37-29-32(42)36(19(2)3)15-11-7-10-14-25(39)43-18-23(21-12-8-6-9-13-21)35-30(40)26-27(31(37)41)33(29)16-22(34)28(26)44-33/h6-9,11-13,16,19-20,23-24,26-29,38H,5,10,14-15,17-18H2,1-4H3,(H,35,40)/b11-7-/t20-,23-,24-,26-,27+,28-,29-,33+/m0/s1. The zero-order valence-corrected chi connectivity index (χ0v) is 27.2. The lowest BCUT2D eigenvalue weighted by molar-refractivity contribution is -0.152. The number of esters is 1. The molecule has 1 spiro atoms. The van der Waals surface area contributed by atoms with Crippen molar-refractivity contribution in [3.8, 4) is 0 Å². The zero-order chi connectivity index (χ0) is 31.8. The first-order chi connectivity index (χ1) is 21.0.